The van der Waals surface area contributed by atoms with Crippen molar-refractivity contribution in [1.29, 1.82) is 0 Å². The summed E-state index contributed by atoms with van der Waals surface area (Å²) in [6, 6.07) is 8.31. The zero-order valence-electron chi connectivity index (χ0n) is 14.4. The summed E-state index contributed by atoms with van der Waals surface area (Å²) in [7, 11) is -1.64. The topological polar surface area (TPSA) is 20.2 Å². The largest absolute Gasteiger partial charge is 0.396 e. The van der Waals surface area contributed by atoms with Gasteiger partial charge >= 0.3 is 0 Å². The Kier molecular flexibility index (Phi) is 6.71. The second-order valence-corrected chi connectivity index (χ2v) is 12.4. The highest BCUT2D eigenvalue weighted by Crippen LogP contribution is 2.40. The molecule has 2 heteroatoms. The highest BCUT2D eigenvalue weighted by atomic mass is 28.3. The van der Waals surface area contributed by atoms with Gasteiger partial charge in [0, 0.05) is 12.2 Å². The molecule has 0 aromatic heterocycles. The van der Waals surface area contributed by atoms with Crippen LogP contribution in [0.5, 0.6) is 0 Å². The number of rotatable bonds is 5. The Hall–Kier alpha value is -1.04. The molecule has 0 saturated carbocycles. The van der Waals surface area contributed by atoms with Gasteiger partial charge in [-0.3, -0.25) is 0 Å². The molecule has 0 atom stereocenters. The second kappa shape index (κ2) is 7.82. The van der Waals surface area contributed by atoms with Crippen molar-refractivity contribution >= 4 is 8.07 Å². The summed E-state index contributed by atoms with van der Waals surface area (Å²) in [5.74, 6) is 3.45. The van der Waals surface area contributed by atoms with Crippen LogP contribution in [0.1, 0.15) is 52.7 Å². The molecule has 0 radical (unpaired) electrons. The highest BCUT2D eigenvalue weighted by molar-refractivity contribution is 6.90. The van der Waals surface area contributed by atoms with Crippen molar-refractivity contribution in [3.8, 4) is 11.5 Å². The molecule has 21 heavy (non-hydrogen) atoms. The molecule has 0 amide bonds. The zero-order valence-corrected chi connectivity index (χ0v) is 15.4. The predicted molar refractivity (Wildman–Crippen MR) is 95.2 cm³/mol. The van der Waals surface area contributed by atoms with Crippen molar-refractivity contribution in [2.24, 2.45) is 0 Å². The number of aliphatic hydroxyl groups is 1. The average molecular weight is 303 g/mol. The van der Waals surface area contributed by atoms with Crippen LogP contribution in [0.25, 0.3) is 0 Å². The first-order valence-corrected chi connectivity index (χ1v) is 10.3. The van der Waals surface area contributed by atoms with Gasteiger partial charge in [-0.15, -0.1) is 5.54 Å². The number of aliphatic hydroxyl groups excluding tert-OH is 1. The van der Waals surface area contributed by atoms with Crippen molar-refractivity contribution in [2.45, 2.75) is 64.6 Å². The van der Waals surface area contributed by atoms with Crippen LogP contribution in [0.3, 0.4) is 0 Å². The Balaban J connectivity index is 3.10. The maximum atomic E-state index is 8.96. The van der Waals surface area contributed by atoms with Gasteiger partial charge < -0.3 is 5.11 Å². The van der Waals surface area contributed by atoms with Crippen molar-refractivity contribution in [3.05, 3.63) is 35.4 Å². The summed E-state index contributed by atoms with van der Waals surface area (Å²) in [6.07, 6.45) is 0.719. The van der Waals surface area contributed by atoms with Crippen LogP contribution >= 0.6 is 0 Å². The molecule has 0 aliphatic heterocycles. The molecule has 1 aromatic carbocycles. The van der Waals surface area contributed by atoms with Crippen LogP contribution in [0, 0.1) is 11.5 Å². The molecule has 1 aromatic rings. The monoisotopic (exact) mass is 302 g/mol. The summed E-state index contributed by atoms with van der Waals surface area (Å²) >= 11 is 0. The Morgan fingerprint density at radius 3 is 1.76 bits per heavy atom. The molecule has 0 spiro atoms. The lowest BCUT2D eigenvalue weighted by molar-refractivity contribution is 0.299. The first-order chi connectivity index (χ1) is 9.84. The van der Waals surface area contributed by atoms with Crippen molar-refractivity contribution < 1.29 is 5.11 Å². The van der Waals surface area contributed by atoms with E-state index in [-0.39, 0.29) is 6.61 Å². The van der Waals surface area contributed by atoms with Crippen LogP contribution in [0.2, 0.25) is 16.6 Å². The van der Waals surface area contributed by atoms with Crippen LogP contribution in [-0.4, -0.2) is 19.8 Å². The first kappa shape index (κ1) is 18.0. The molecule has 0 bridgehead atoms. The summed E-state index contributed by atoms with van der Waals surface area (Å²) < 4.78 is 0. The Bertz CT molecular complexity index is 467. The van der Waals surface area contributed by atoms with E-state index in [4.69, 9.17) is 5.11 Å². The lowest BCUT2D eigenvalue weighted by Gasteiger charge is -2.38. The van der Waals surface area contributed by atoms with Gasteiger partial charge in [0.15, 0.2) is 0 Å². The third-order valence-electron chi connectivity index (χ3n) is 4.64. The highest BCUT2D eigenvalue weighted by Gasteiger charge is 2.41. The Morgan fingerprint density at radius 1 is 0.905 bits per heavy atom. The van der Waals surface area contributed by atoms with Gasteiger partial charge in [0.1, 0.15) is 8.07 Å². The molecule has 116 valence electrons. The van der Waals surface area contributed by atoms with Gasteiger partial charge in [-0.1, -0.05) is 59.6 Å². The lowest BCUT2D eigenvalue weighted by Crippen LogP contribution is -2.43. The van der Waals surface area contributed by atoms with Gasteiger partial charge in [-0.25, -0.2) is 0 Å². The minimum Gasteiger partial charge on any atom is -0.396 e. The fraction of sp³-hybridized carbons (Fsp3) is 0.579. The van der Waals surface area contributed by atoms with Gasteiger partial charge in [-0.05, 0) is 40.7 Å². The number of hydrogen-bond acceptors (Lipinski definition) is 1. The fourth-order valence-electron chi connectivity index (χ4n) is 3.50. The zero-order chi connectivity index (χ0) is 16.0. The van der Waals surface area contributed by atoms with E-state index in [0.29, 0.717) is 16.6 Å². The fourth-order valence-corrected chi connectivity index (χ4v) is 8.72. The van der Waals surface area contributed by atoms with Crippen LogP contribution in [0.15, 0.2) is 24.3 Å². The number of hydrogen-bond donors (Lipinski definition) is 1. The summed E-state index contributed by atoms with van der Waals surface area (Å²) in [6.45, 7) is 14.2. The molecule has 1 rings (SSSR count). The molecular weight excluding hydrogens is 272 g/mol. The molecule has 1 nitrogen and oxygen atoms in total. The lowest BCUT2D eigenvalue weighted by atomic mass is 10.1. The Labute approximate surface area is 131 Å². The molecular formula is C19H30OSi. The van der Waals surface area contributed by atoms with Crippen LogP contribution < -0.4 is 0 Å². The van der Waals surface area contributed by atoms with Gasteiger partial charge in [-0.2, -0.15) is 0 Å². The molecule has 0 saturated heterocycles. The van der Waals surface area contributed by atoms with Gasteiger partial charge in [0.2, 0.25) is 0 Å². The van der Waals surface area contributed by atoms with Gasteiger partial charge in [0.05, 0.1) is 0 Å². The van der Waals surface area contributed by atoms with E-state index < -0.39 is 8.07 Å². The SMILES string of the molecule is CC(C)[Si](C#Cc1ccc(CCO)cc1)(C(C)C)C(C)C. The van der Waals surface area contributed by atoms with Crippen LogP contribution in [0.4, 0.5) is 0 Å². The molecule has 0 unspecified atom stereocenters. The Morgan fingerprint density at radius 2 is 1.38 bits per heavy atom. The predicted octanol–water partition coefficient (Wildman–Crippen LogP) is 4.79. The average Bonchev–Trinajstić information content (AvgIpc) is 2.40. The van der Waals surface area contributed by atoms with E-state index in [9.17, 15) is 0 Å². The van der Waals surface area contributed by atoms with E-state index in [2.05, 4.69) is 77.3 Å². The third-order valence-corrected chi connectivity index (χ3v) is 10.9. The van der Waals surface area contributed by atoms with Crippen molar-refractivity contribution in [2.75, 3.05) is 6.61 Å². The third kappa shape index (κ3) is 4.22. The van der Waals surface area contributed by atoms with Crippen LogP contribution in [-0.2, 0) is 6.42 Å². The molecule has 0 heterocycles. The quantitative estimate of drug-likeness (QED) is 0.612. The minimum atomic E-state index is -1.64. The smallest absolute Gasteiger partial charge is 0.146 e. The maximum Gasteiger partial charge on any atom is 0.146 e. The standard InChI is InChI=1S/C19H30OSi/c1-15(2)21(16(3)4,17(5)6)14-12-19-9-7-18(8-10-19)11-13-20/h7-10,15-17,20H,11,13H2,1-6H3. The molecule has 0 fully saturated rings. The summed E-state index contributed by atoms with van der Waals surface area (Å²) in [4.78, 5) is 0. The minimum absolute atomic E-state index is 0.203. The van der Waals surface area contributed by atoms with E-state index in [1.54, 1.807) is 0 Å². The molecule has 0 aliphatic rings. The maximum absolute atomic E-state index is 8.96. The molecule has 0 aliphatic carbocycles. The number of benzene rings is 1. The summed E-state index contributed by atoms with van der Waals surface area (Å²) in [5, 5.41) is 8.96. The second-order valence-electron chi connectivity index (χ2n) is 6.82. The van der Waals surface area contributed by atoms with E-state index in [1.807, 2.05) is 0 Å². The summed E-state index contributed by atoms with van der Waals surface area (Å²) in [5.41, 5.74) is 8.00. The van der Waals surface area contributed by atoms with Crippen molar-refractivity contribution in [1.82, 2.24) is 0 Å². The molecule has 1 N–H and O–H groups in total. The van der Waals surface area contributed by atoms with E-state index in [0.717, 1.165) is 12.0 Å². The van der Waals surface area contributed by atoms with Crippen molar-refractivity contribution in [3.63, 3.8) is 0 Å². The van der Waals surface area contributed by atoms with E-state index >= 15 is 0 Å². The van der Waals surface area contributed by atoms with E-state index in [1.165, 1.54) is 5.56 Å². The van der Waals surface area contributed by atoms with Gasteiger partial charge in [0.25, 0.3) is 0 Å². The normalized spacial score (nSPS) is 11.9. The first-order valence-electron chi connectivity index (χ1n) is 8.07.